The van der Waals surface area contributed by atoms with Crippen LogP contribution in [0.5, 0.6) is 0 Å². The maximum absolute atomic E-state index is 12.4. The molecule has 1 aliphatic rings. The van der Waals surface area contributed by atoms with E-state index in [-0.39, 0.29) is 12.5 Å². The van der Waals surface area contributed by atoms with Crippen molar-refractivity contribution in [3.63, 3.8) is 0 Å². The smallest absolute Gasteiger partial charge is 0.325 e. The zero-order valence-corrected chi connectivity index (χ0v) is 18.6. The van der Waals surface area contributed by atoms with Crippen molar-refractivity contribution >= 4 is 23.6 Å². The number of para-hydroxylation sites is 1. The van der Waals surface area contributed by atoms with Crippen molar-refractivity contribution in [2.24, 2.45) is 0 Å². The molecule has 4 rings (SSSR count). The normalized spacial score (nSPS) is 12.8. The van der Waals surface area contributed by atoms with Crippen LogP contribution < -0.4 is 10.6 Å². The van der Waals surface area contributed by atoms with Gasteiger partial charge < -0.3 is 15.4 Å². The van der Waals surface area contributed by atoms with Crippen molar-refractivity contribution < 1.29 is 19.1 Å². The van der Waals surface area contributed by atoms with Crippen molar-refractivity contribution in [2.75, 3.05) is 18.5 Å². The van der Waals surface area contributed by atoms with Crippen molar-refractivity contribution in [3.8, 4) is 5.69 Å². The Balaban J connectivity index is 1.30. The largest absolute Gasteiger partial charge is 0.454 e. The van der Waals surface area contributed by atoms with Crippen LogP contribution in [0.15, 0.2) is 54.6 Å². The van der Waals surface area contributed by atoms with Crippen LogP contribution in [0.1, 0.15) is 45.9 Å². The Morgan fingerprint density at radius 3 is 2.48 bits per heavy atom. The average molecular weight is 447 g/mol. The summed E-state index contributed by atoms with van der Waals surface area (Å²) in [5.74, 6) is -0.615. The topological polar surface area (TPSA) is 102 Å². The fraction of sp³-hybridized carbons (Fsp3) is 0.280. The number of rotatable bonds is 8. The van der Waals surface area contributed by atoms with Crippen molar-refractivity contribution in [2.45, 2.75) is 32.6 Å². The third kappa shape index (κ3) is 5.65. The maximum Gasteiger partial charge on any atom is 0.325 e. The van der Waals surface area contributed by atoms with Crippen LogP contribution in [0.3, 0.4) is 0 Å². The molecule has 2 N–H and O–H groups in total. The molecule has 1 heterocycles. The van der Waals surface area contributed by atoms with Gasteiger partial charge in [-0.1, -0.05) is 24.3 Å². The number of aryl methyl sites for hydroxylation is 2. The molecular weight excluding hydrogens is 420 g/mol. The Morgan fingerprint density at radius 1 is 1.03 bits per heavy atom. The summed E-state index contributed by atoms with van der Waals surface area (Å²) in [5, 5.41) is 9.91. The molecule has 0 unspecified atom stereocenters. The van der Waals surface area contributed by atoms with Crippen molar-refractivity contribution in [1.82, 2.24) is 15.1 Å². The molecule has 1 fully saturated rings. The van der Waals surface area contributed by atoms with Crippen LogP contribution >= 0.6 is 0 Å². The van der Waals surface area contributed by atoms with Gasteiger partial charge in [0.1, 0.15) is 12.4 Å². The first-order chi connectivity index (χ1) is 15.9. The Hall–Kier alpha value is -3.94. The van der Waals surface area contributed by atoms with Gasteiger partial charge in [0, 0.05) is 17.5 Å². The molecule has 2 amide bonds. The second-order valence-corrected chi connectivity index (χ2v) is 8.17. The van der Waals surface area contributed by atoms with Gasteiger partial charge in [-0.2, -0.15) is 5.10 Å². The van der Waals surface area contributed by atoms with Gasteiger partial charge >= 0.3 is 5.97 Å². The first kappa shape index (κ1) is 22.3. The second-order valence-electron chi connectivity index (χ2n) is 8.17. The standard InChI is InChI=1S/C25H26N4O4/c1-16-8-9-19(12-17(16)2)25(32)26-14-24(31)33-15-23(30)27-22-13-21(18-10-11-18)28-29(22)20-6-4-3-5-7-20/h3-9,12-13,18H,10-11,14-15H2,1-2H3,(H,26,32)(H,27,30). The van der Waals surface area contributed by atoms with Gasteiger partial charge in [-0.25, -0.2) is 4.68 Å². The van der Waals surface area contributed by atoms with Gasteiger partial charge in [0.15, 0.2) is 6.61 Å². The molecule has 8 heteroatoms. The van der Waals surface area contributed by atoms with Gasteiger partial charge in [0.25, 0.3) is 11.8 Å². The number of hydrogen-bond donors (Lipinski definition) is 2. The molecule has 0 spiro atoms. The zero-order valence-electron chi connectivity index (χ0n) is 18.6. The Labute approximate surface area is 191 Å². The van der Waals surface area contributed by atoms with Gasteiger partial charge in [0.2, 0.25) is 0 Å². The maximum atomic E-state index is 12.4. The summed E-state index contributed by atoms with van der Waals surface area (Å²) in [7, 11) is 0. The molecule has 8 nitrogen and oxygen atoms in total. The molecule has 1 saturated carbocycles. The number of esters is 1. The van der Waals surface area contributed by atoms with E-state index < -0.39 is 18.5 Å². The van der Waals surface area contributed by atoms with E-state index in [4.69, 9.17) is 4.74 Å². The van der Waals surface area contributed by atoms with Crippen LogP contribution in [0.25, 0.3) is 5.69 Å². The lowest BCUT2D eigenvalue weighted by Gasteiger charge is -2.10. The van der Waals surface area contributed by atoms with Crippen LogP contribution in [0.4, 0.5) is 5.82 Å². The highest BCUT2D eigenvalue weighted by Gasteiger charge is 2.28. The summed E-state index contributed by atoms with van der Waals surface area (Å²) >= 11 is 0. The SMILES string of the molecule is Cc1ccc(C(=O)NCC(=O)OCC(=O)Nc2cc(C3CC3)nn2-c2ccccc2)cc1C. The monoisotopic (exact) mass is 446 g/mol. The van der Waals surface area contributed by atoms with Crippen LogP contribution in [-0.2, 0) is 14.3 Å². The second kappa shape index (κ2) is 9.68. The Bertz CT molecular complexity index is 1180. The van der Waals surface area contributed by atoms with E-state index in [0.29, 0.717) is 17.3 Å². The lowest BCUT2D eigenvalue weighted by Crippen LogP contribution is -2.32. The van der Waals surface area contributed by atoms with Crippen molar-refractivity contribution in [1.29, 1.82) is 0 Å². The first-order valence-electron chi connectivity index (χ1n) is 10.9. The number of nitrogens with one attached hydrogen (secondary N) is 2. The number of hydrogen-bond acceptors (Lipinski definition) is 5. The average Bonchev–Trinajstić information content (AvgIpc) is 3.59. The number of anilines is 1. The van der Waals surface area contributed by atoms with E-state index >= 15 is 0 Å². The molecular formula is C25H26N4O4. The Morgan fingerprint density at radius 2 is 1.79 bits per heavy atom. The molecule has 0 atom stereocenters. The summed E-state index contributed by atoms with van der Waals surface area (Å²) in [6.07, 6.45) is 2.18. The molecule has 0 bridgehead atoms. The number of carbonyl (C=O) groups is 3. The minimum atomic E-state index is -0.697. The predicted octanol–water partition coefficient (Wildman–Crippen LogP) is 3.28. The fourth-order valence-electron chi connectivity index (χ4n) is 3.35. The highest BCUT2D eigenvalue weighted by atomic mass is 16.5. The van der Waals surface area contributed by atoms with E-state index in [2.05, 4.69) is 15.7 Å². The van der Waals surface area contributed by atoms with E-state index in [1.165, 1.54) is 0 Å². The molecule has 0 aliphatic heterocycles. The van der Waals surface area contributed by atoms with E-state index in [9.17, 15) is 14.4 Å². The molecule has 170 valence electrons. The van der Waals surface area contributed by atoms with Crippen LogP contribution in [0.2, 0.25) is 0 Å². The van der Waals surface area contributed by atoms with Gasteiger partial charge in [0.05, 0.1) is 11.4 Å². The first-order valence-corrected chi connectivity index (χ1v) is 10.9. The fourth-order valence-corrected chi connectivity index (χ4v) is 3.35. The molecule has 0 radical (unpaired) electrons. The summed E-state index contributed by atoms with van der Waals surface area (Å²) in [4.78, 5) is 36.6. The van der Waals surface area contributed by atoms with Gasteiger partial charge in [-0.15, -0.1) is 0 Å². The Kier molecular flexibility index (Phi) is 6.53. The third-order valence-electron chi connectivity index (χ3n) is 5.52. The number of ether oxygens (including phenoxy) is 1. The van der Waals surface area contributed by atoms with Gasteiger partial charge in [-0.3, -0.25) is 14.4 Å². The molecule has 2 aromatic carbocycles. The minimum absolute atomic E-state index is 0.327. The van der Waals surface area contributed by atoms with Gasteiger partial charge in [-0.05, 0) is 62.1 Å². The molecule has 3 aromatic rings. The van der Waals surface area contributed by atoms with Crippen LogP contribution in [-0.4, -0.2) is 40.7 Å². The zero-order chi connectivity index (χ0) is 23.4. The number of nitrogens with zero attached hydrogens (tertiary/aromatic N) is 2. The van der Waals surface area contributed by atoms with E-state index in [1.807, 2.05) is 56.3 Å². The molecule has 1 aliphatic carbocycles. The molecule has 1 aromatic heterocycles. The molecule has 0 saturated heterocycles. The van der Waals surface area contributed by atoms with E-state index in [0.717, 1.165) is 35.3 Å². The summed E-state index contributed by atoms with van der Waals surface area (Å²) in [6, 6.07) is 16.7. The minimum Gasteiger partial charge on any atom is -0.454 e. The van der Waals surface area contributed by atoms with Crippen LogP contribution in [0, 0.1) is 13.8 Å². The molecule has 33 heavy (non-hydrogen) atoms. The highest BCUT2D eigenvalue weighted by Crippen LogP contribution is 2.40. The van der Waals surface area contributed by atoms with Crippen molar-refractivity contribution in [3.05, 3.63) is 77.0 Å². The summed E-state index contributed by atoms with van der Waals surface area (Å²) in [6.45, 7) is 3.08. The number of benzene rings is 2. The summed E-state index contributed by atoms with van der Waals surface area (Å²) < 4.78 is 6.70. The highest BCUT2D eigenvalue weighted by molar-refractivity contribution is 5.96. The van der Waals surface area contributed by atoms with E-state index in [1.54, 1.807) is 16.8 Å². The predicted molar refractivity (Wildman–Crippen MR) is 123 cm³/mol. The lowest BCUT2D eigenvalue weighted by molar-refractivity contribution is -0.146. The lowest BCUT2D eigenvalue weighted by atomic mass is 10.1. The number of amides is 2. The number of carbonyl (C=O) groups excluding carboxylic acids is 3. The third-order valence-corrected chi connectivity index (χ3v) is 5.52. The quantitative estimate of drug-likeness (QED) is 0.517. The number of aromatic nitrogens is 2. The summed E-state index contributed by atoms with van der Waals surface area (Å²) in [5.41, 5.74) is 4.28.